The highest BCUT2D eigenvalue weighted by molar-refractivity contribution is 6.06. The molecule has 4 nitrogen and oxygen atoms in total. The summed E-state index contributed by atoms with van der Waals surface area (Å²) < 4.78 is 26.6. The second kappa shape index (κ2) is 5.34. The van der Waals surface area contributed by atoms with Crippen LogP contribution in [0.4, 0.5) is 14.5 Å². The molecule has 1 aromatic carbocycles. The Morgan fingerprint density at radius 2 is 2.09 bits per heavy atom. The lowest BCUT2D eigenvalue weighted by Crippen LogP contribution is -2.43. The van der Waals surface area contributed by atoms with Gasteiger partial charge in [-0.1, -0.05) is 12.8 Å². The largest absolute Gasteiger partial charge is 0.368 e. The normalized spacial score (nSPS) is 24.0. The lowest BCUT2D eigenvalue weighted by Gasteiger charge is -2.31. The SMILES string of the molecule is NC(=O)C1CC2(C[CH]CCC2)C(=O)N1c1ccc(F)c(F)c1. The minimum atomic E-state index is -1.05. The number of nitrogens with zero attached hydrogens (tertiary/aromatic N) is 1. The van der Waals surface area contributed by atoms with E-state index >= 15 is 0 Å². The van der Waals surface area contributed by atoms with Crippen molar-refractivity contribution in [3.8, 4) is 0 Å². The Balaban J connectivity index is 2.01. The van der Waals surface area contributed by atoms with Crippen LogP contribution in [0.15, 0.2) is 18.2 Å². The Morgan fingerprint density at radius 3 is 2.68 bits per heavy atom. The first-order chi connectivity index (χ1) is 10.4. The minimum Gasteiger partial charge on any atom is -0.368 e. The average molecular weight is 307 g/mol. The van der Waals surface area contributed by atoms with Crippen LogP contribution in [-0.4, -0.2) is 17.9 Å². The van der Waals surface area contributed by atoms with E-state index < -0.39 is 29.0 Å². The maximum absolute atomic E-state index is 13.5. The number of nitrogens with two attached hydrogens (primary N) is 1. The van der Waals surface area contributed by atoms with Gasteiger partial charge in [0.05, 0.1) is 5.41 Å². The van der Waals surface area contributed by atoms with Gasteiger partial charge >= 0.3 is 0 Å². The molecule has 2 N–H and O–H groups in total. The van der Waals surface area contributed by atoms with Crippen molar-refractivity contribution < 1.29 is 18.4 Å². The van der Waals surface area contributed by atoms with Crippen LogP contribution < -0.4 is 10.6 Å². The van der Waals surface area contributed by atoms with Gasteiger partial charge < -0.3 is 5.73 Å². The number of halogens is 2. The molecular weight excluding hydrogens is 290 g/mol. The van der Waals surface area contributed by atoms with Gasteiger partial charge in [0.15, 0.2) is 11.6 Å². The second-order valence-electron chi connectivity index (χ2n) is 6.06. The summed E-state index contributed by atoms with van der Waals surface area (Å²) in [4.78, 5) is 25.9. The van der Waals surface area contributed by atoms with Crippen molar-refractivity contribution in [3.05, 3.63) is 36.3 Å². The lowest BCUT2D eigenvalue weighted by molar-refractivity contribution is -0.126. The van der Waals surface area contributed by atoms with E-state index in [9.17, 15) is 18.4 Å². The van der Waals surface area contributed by atoms with E-state index in [1.807, 2.05) is 6.42 Å². The number of amides is 2. The van der Waals surface area contributed by atoms with Crippen molar-refractivity contribution >= 4 is 17.5 Å². The van der Waals surface area contributed by atoms with Crippen molar-refractivity contribution in [2.24, 2.45) is 11.1 Å². The monoisotopic (exact) mass is 307 g/mol. The van der Waals surface area contributed by atoms with Gasteiger partial charge in [0, 0.05) is 11.8 Å². The number of benzene rings is 1. The quantitative estimate of drug-likeness (QED) is 0.911. The van der Waals surface area contributed by atoms with E-state index in [2.05, 4.69) is 0 Å². The molecule has 22 heavy (non-hydrogen) atoms. The van der Waals surface area contributed by atoms with E-state index in [0.717, 1.165) is 25.0 Å². The maximum Gasteiger partial charge on any atom is 0.240 e. The number of hydrogen-bond donors (Lipinski definition) is 1. The van der Waals surface area contributed by atoms with Crippen molar-refractivity contribution in [1.29, 1.82) is 0 Å². The Morgan fingerprint density at radius 1 is 1.32 bits per heavy atom. The highest BCUT2D eigenvalue weighted by Gasteiger charge is 2.53. The van der Waals surface area contributed by atoms with Gasteiger partial charge in [-0.15, -0.1) is 0 Å². The summed E-state index contributed by atoms with van der Waals surface area (Å²) in [6, 6.07) is 2.38. The van der Waals surface area contributed by atoms with Crippen molar-refractivity contribution in [2.75, 3.05) is 4.90 Å². The summed E-state index contributed by atoms with van der Waals surface area (Å²) >= 11 is 0. The van der Waals surface area contributed by atoms with E-state index in [4.69, 9.17) is 5.73 Å². The summed E-state index contributed by atoms with van der Waals surface area (Å²) in [7, 11) is 0. The van der Waals surface area contributed by atoms with Crippen molar-refractivity contribution in [3.63, 3.8) is 0 Å². The van der Waals surface area contributed by atoms with Crippen LogP contribution in [-0.2, 0) is 9.59 Å². The predicted molar refractivity (Wildman–Crippen MR) is 76.6 cm³/mol. The van der Waals surface area contributed by atoms with Crippen LogP contribution in [0.1, 0.15) is 32.1 Å². The van der Waals surface area contributed by atoms with Gasteiger partial charge in [-0.05, 0) is 37.8 Å². The topological polar surface area (TPSA) is 63.4 Å². The molecule has 1 aliphatic carbocycles. The fourth-order valence-corrected chi connectivity index (χ4v) is 3.55. The third-order valence-corrected chi connectivity index (χ3v) is 4.68. The van der Waals surface area contributed by atoms with E-state index in [1.165, 1.54) is 11.0 Å². The molecule has 2 unspecified atom stereocenters. The smallest absolute Gasteiger partial charge is 0.240 e. The Labute approximate surface area is 127 Å². The first-order valence-electron chi connectivity index (χ1n) is 7.34. The molecule has 0 bridgehead atoms. The van der Waals surface area contributed by atoms with Crippen LogP contribution in [0.3, 0.4) is 0 Å². The molecule has 1 heterocycles. The van der Waals surface area contributed by atoms with Gasteiger partial charge in [0.25, 0.3) is 0 Å². The predicted octanol–water partition coefficient (Wildman–Crippen LogP) is 2.32. The van der Waals surface area contributed by atoms with E-state index in [0.29, 0.717) is 19.3 Å². The number of hydrogen-bond acceptors (Lipinski definition) is 2. The van der Waals surface area contributed by atoms with Gasteiger partial charge in [-0.3, -0.25) is 14.5 Å². The van der Waals surface area contributed by atoms with Gasteiger partial charge in [0.2, 0.25) is 11.8 Å². The third-order valence-electron chi connectivity index (χ3n) is 4.68. The molecule has 1 spiro atoms. The zero-order chi connectivity index (χ0) is 15.9. The molecule has 117 valence electrons. The van der Waals surface area contributed by atoms with E-state index in [-0.39, 0.29) is 11.6 Å². The molecule has 1 saturated carbocycles. The molecule has 2 atom stereocenters. The van der Waals surface area contributed by atoms with Crippen molar-refractivity contribution in [2.45, 2.75) is 38.1 Å². The Kier molecular flexibility index (Phi) is 3.62. The van der Waals surface area contributed by atoms with Crippen LogP contribution in [0.25, 0.3) is 0 Å². The molecule has 1 saturated heterocycles. The Bertz CT molecular complexity index is 627. The van der Waals surface area contributed by atoms with Gasteiger partial charge in [-0.2, -0.15) is 0 Å². The lowest BCUT2D eigenvalue weighted by atomic mass is 9.72. The molecule has 6 heteroatoms. The Hall–Kier alpha value is -1.98. The van der Waals surface area contributed by atoms with Crippen molar-refractivity contribution in [1.82, 2.24) is 0 Å². The number of primary amides is 1. The molecule has 2 amide bonds. The fraction of sp³-hybridized carbons (Fsp3) is 0.438. The third kappa shape index (κ3) is 2.26. The molecule has 1 radical (unpaired) electrons. The second-order valence-corrected chi connectivity index (χ2v) is 6.06. The summed E-state index contributed by atoms with van der Waals surface area (Å²) in [6.07, 6.45) is 5.48. The summed E-state index contributed by atoms with van der Waals surface area (Å²) in [5.74, 6) is -2.89. The van der Waals surface area contributed by atoms with Crippen LogP contribution in [0.2, 0.25) is 0 Å². The molecule has 0 aromatic heterocycles. The zero-order valence-corrected chi connectivity index (χ0v) is 12.0. The van der Waals surface area contributed by atoms with Crippen LogP contribution >= 0.6 is 0 Å². The van der Waals surface area contributed by atoms with Gasteiger partial charge in [-0.25, -0.2) is 8.78 Å². The molecule has 1 aromatic rings. The summed E-state index contributed by atoms with van der Waals surface area (Å²) in [5, 5.41) is 0. The molecule has 2 fully saturated rings. The average Bonchev–Trinajstić information content (AvgIpc) is 2.77. The minimum absolute atomic E-state index is 0.176. The molecule has 3 rings (SSSR count). The molecular formula is C16H17F2N2O2. The number of carbonyl (C=O) groups is 2. The first-order valence-corrected chi connectivity index (χ1v) is 7.34. The molecule has 1 aliphatic heterocycles. The summed E-state index contributed by atoms with van der Waals surface area (Å²) in [6.45, 7) is 0. The maximum atomic E-state index is 13.5. The standard InChI is InChI=1S/C16H17F2N2O2/c17-11-5-4-10(8-12(11)18)20-13(14(19)21)9-16(15(20)22)6-2-1-3-7-16/h2,4-5,8,13H,1,3,6-7,9H2,(H2,19,21). The zero-order valence-electron chi connectivity index (χ0n) is 12.0. The van der Waals surface area contributed by atoms with Crippen LogP contribution in [0.5, 0.6) is 0 Å². The van der Waals surface area contributed by atoms with E-state index in [1.54, 1.807) is 0 Å². The number of carbonyl (C=O) groups excluding carboxylic acids is 2. The fourth-order valence-electron chi connectivity index (χ4n) is 3.55. The first kappa shape index (κ1) is 14.9. The van der Waals surface area contributed by atoms with Crippen LogP contribution in [0, 0.1) is 23.5 Å². The number of rotatable bonds is 2. The number of anilines is 1. The summed E-state index contributed by atoms with van der Waals surface area (Å²) in [5.41, 5.74) is 4.97. The highest BCUT2D eigenvalue weighted by Crippen LogP contribution is 2.48. The highest BCUT2D eigenvalue weighted by atomic mass is 19.2. The molecule has 2 aliphatic rings. The van der Waals surface area contributed by atoms with Gasteiger partial charge in [0.1, 0.15) is 6.04 Å².